The van der Waals surface area contributed by atoms with Gasteiger partial charge in [-0.1, -0.05) is 24.3 Å². The first-order chi connectivity index (χ1) is 9.08. The molecule has 5 heteroatoms. The molecule has 2 rings (SSSR count). The number of amidine groups is 1. The van der Waals surface area contributed by atoms with E-state index < -0.39 is 0 Å². The number of anilines is 1. The van der Waals surface area contributed by atoms with Crippen LogP contribution in [-0.4, -0.2) is 17.9 Å². The number of aromatic nitrogens is 1. The van der Waals surface area contributed by atoms with Crippen molar-refractivity contribution in [3.63, 3.8) is 0 Å². The molecule has 1 heterocycles. The number of nitrogens with zero attached hydrogens (tertiary/aromatic N) is 2. The van der Waals surface area contributed by atoms with E-state index in [1.54, 1.807) is 36.4 Å². The lowest BCUT2D eigenvalue weighted by molar-refractivity contribution is 0.607. The molecular formula is C14H15FN4. The summed E-state index contributed by atoms with van der Waals surface area (Å²) in [5.74, 6) is 0.328. The van der Waals surface area contributed by atoms with Crippen molar-refractivity contribution in [1.29, 1.82) is 5.41 Å². The molecule has 0 unspecified atom stereocenters. The number of halogens is 1. The van der Waals surface area contributed by atoms with Gasteiger partial charge in [0.15, 0.2) is 0 Å². The molecule has 0 atom stereocenters. The van der Waals surface area contributed by atoms with Gasteiger partial charge in [0.05, 0.1) is 0 Å². The Kier molecular flexibility index (Phi) is 3.75. The second kappa shape index (κ2) is 5.48. The molecule has 0 aliphatic rings. The third kappa shape index (κ3) is 3.07. The van der Waals surface area contributed by atoms with Gasteiger partial charge < -0.3 is 10.6 Å². The maximum atomic E-state index is 13.6. The van der Waals surface area contributed by atoms with E-state index in [4.69, 9.17) is 11.1 Å². The quantitative estimate of drug-likeness (QED) is 0.652. The summed E-state index contributed by atoms with van der Waals surface area (Å²) in [5, 5.41) is 7.37. The predicted molar refractivity (Wildman–Crippen MR) is 73.8 cm³/mol. The average molecular weight is 258 g/mol. The third-order valence-corrected chi connectivity index (χ3v) is 2.77. The highest BCUT2D eigenvalue weighted by atomic mass is 19.1. The number of benzene rings is 1. The van der Waals surface area contributed by atoms with Gasteiger partial charge in [-0.2, -0.15) is 0 Å². The van der Waals surface area contributed by atoms with E-state index in [0.717, 1.165) is 0 Å². The number of nitrogens with one attached hydrogen (secondary N) is 1. The molecule has 1 aromatic carbocycles. The molecule has 3 N–H and O–H groups in total. The maximum Gasteiger partial charge on any atom is 0.141 e. The zero-order valence-corrected chi connectivity index (χ0v) is 10.6. The lowest BCUT2D eigenvalue weighted by Crippen LogP contribution is -2.20. The summed E-state index contributed by atoms with van der Waals surface area (Å²) in [6.07, 6.45) is 0. The van der Waals surface area contributed by atoms with Crippen LogP contribution in [0.15, 0.2) is 42.5 Å². The standard InChI is InChI=1S/C14H15FN4/c1-19(9-10-5-2-3-6-11(10)15)13-8-4-7-12(18-13)14(16)17/h2-8H,9H2,1H3,(H3,16,17). The largest absolute Gasteiger partial charge is 0.382 e. The van der Waals surface area contributed by atoms with Crippen molar-refractivity contribution in [2.24, 2.45) is 5.73 Å². The van der Waals surface area contributed by atoms with Crippen LogP contribution < -0.4 is 10.6 Å². The number of nitrogen functional groups attached to an aromatic ring is 1. The zero-order chi connectivity index (χ0) is 13.8. The van der Waals surface area contributed by atoms with Crippen molar-refractivity contribution in [3.05, 3.63) is 59.5 Å². The van der Waals surface area contributed by atoms with Gasteiger partial charge in [-0.05, 0) is 18.2 Å². The lowest BCUT2D eigenvalue weighted by atomic mass is 10.2. The molecule has 0 saturated heterocycles. The first-order valence-electron chi connectivity index (χ1n) is 5.84. The van der Waals surface area contributed by atoms with E-state index in [0.29, 0.717) is 23.6 Å². The number of hydrogen-bond donors (Lipinski definition) is 2. The van der Waals surface area contributed by atoms with Gasteiger partial charge in [0.2, 0.25) is 0 Å². The Morgan fingerprint density at radius 2 is 2.00 bits per heavy atom. The molecule has 0 bridgehead atoms. The summed E-state index contributed by atoms with van der Waals surface area (Å²) < 4.78 is 13.6. The van der Waals surface area contributed by atoms with Gasteiger partial charge in [-0.25, -0.2) is 9.37 Å². The Bertz CT molecular complexity index is 598. The van der Waals surface area contributed by atoms with E-state index in [2.05, 4.69) is 4.98 Å². The van der Waals surface area contributed by atoms with Gasteiger partial charge in [0.25, 0.3) is 0 Å². The molecule has 0 spiro atoms. The normalized spacial score (nSPS) is 10.2. The fraction of sp³-hybridized carbons (Fsp3) is 0.143. The topological polar surface area (TPSA) is 66.0 Å². The minimum Gasteiger partial charge on any atom is -0.382 e. The summed E-state index contributed by atoms with van der Waals surface area (Å²) >= 11 is 0. The summed E-state index contributed by atoms with van der Waals surface area (Å²) in [7, 11) is 1.82. The summed E-state index contributed by atoms with van der Waals surface area (Å²) in [6, 6.07) is 11.9. The van der Waals surface area contributed by atoms with Crippen LogP contribution in [-0.2, 0) is 6.54 Å². The molecule has 0 aliphatic carbocycles. The highest BCUT2D eigenvalue weighted by Gasteiger charge is 2.08. The van der Waals surface area contributed by atoms with Crippen molar-refractivity contribution >= 4 is 11.7 Å². The molecule has 0 radical (unpaired) electrons. The Balaban J connectivity index is 2.20. The Labute approximate surface area is 111 Å². The maximum absolute atomic E-state index is 13.6. The molecule has 1 aromatic heterocycles. The Hall–Kier alpha value is -2.43. The summed E-state index contributed by atoms with van der Waals surface area (Å²) in [6.45, 7) is 0.404. The molecule has 19 heavy (non-hydrogen) atoms. The van der Waals surface area contributed by atoms with Crippen LogP contribution in [0.5, 0.6) is 0 Å². The van der Waals surface area contributed by atoms with Crippen molar-refractivity contribution in [1.82, 2.24) is 4.98 Å². The van der Waals surface area contributed by atoms with Gasteiger partial charge in [0, 0.05) is 19.2 Å². The smallest absolute Gasteiger partial charge is 0.141 e. The number of pyridine rings is 1. The lowest BCUT2D eigenvalue weighted by Gasteiger charge is -2.19. The van der Waals surface area contributed by atoms with Crippen molar-refractivity contribution in [3.8, 4) is 0 Å². The molecule has 2 aromatic rings. The number of rotatable bonds is 4. The van der Waals surface area contributed by atoms with E-state index in [-0.39, 0.29) is 11.7 Å². The van der Waals surface area contributed by atoms with E-state index >= 15 is 0 Å². The second-order valence-electron chi connectivity index (χ2n) is 4.24. The molecule has 0 fully saturated rings. The first-order valence-corrected chi connectivity index (χ1v) is 5.84. The van der Waals surface area contributed by atoms with Gasteiger partial charge in [-0.3, -0.25) is 5.41 Å². The van der Waals surface area contributed by atoms with Crippen LogP contribution in [0.1, 0.15) is 11.3 Å². The predicted octanol–water partition coefficient (Wildman–Crippen LogP) is 2.14. The van der Waals surface area contributed by atoms with Crippen molar-refractivity contribution in [2.75, 3.05) is 11.9 Å². The third-order valence-electron chi connectivity index (χ3n) is 2.77. The van der Waals surface area contributed by atoms with Crippen LogP contribution in [0.4, 0.5) is 10.2 Å². The van der Waals surface area contributed by atoms with Gasteiger partial charge >= 0.3 is 0 Å². The van der Waals surface area contributed by atoms with Crippen LogP contribution in [0.25, 0.3) is 0 Å². The molecule has 98 valence electrons. The molecule has 0 saturated carbocycles. The van der Waals surface area contributed by atoms with Crippen molar-refractivity contribution in [2.45, 2.75) is 6.54 Å². The average Bonchev–Trinajstić information content (AvgIpc) is 2.41. The van der Waals surface area contributed by atoms with Crippen molar-refractivity contribution < 1.29 is 4.39 Å². The molecular weight excluding hydrogens is 243 g/mol. The zero-order valence-electron chi connectivity index (χ0n) is 10.6. The van der Waals surface area contributed by atoms with Crippen LogP contribution in [0.2, 0.25) is 0 Å². The minimum absolute atomic E-state index is 0.0823. The Morgan fingerprint density at radius 3 is 2.68 bits per heavy atom. The van der Waals surface area contributed by atoms with Crippen LogP contribution in [0, 0.1) is 11.2 Å². The van der Waals surface area contributed by atoms with E-state index in [1.165, 1.54) is 6.07 Å². The van der Waals surface area contributed by atoms with Gasteiger partial charge in [-0.15, -0.1) is 0 Å². The fourth-order valence-electron chi connectivity index (χ4n) is 1.75. The van der Waals surface area contributed by atoms with Gasteiger partial charge in [0.1, 0.15) is 23.2 Å². The van der Waals surface area contributed by atoms with E-state index in [9.17, 15) is 4.39 Å². The molecule has 4 nitrogen and oxygen atoms in total. The highest BCUT2D eigenvalue weighted by Crippen LogP contribution is 2.15. The molecule has 0 aliphatic heterocycles. The van der Waals surface area contributed by atoms with Crippen LogP contribution >= 0.6 is 0 Å². The number of nitrogens with two attached hydrogens (primary N) is 1. The SMILES string of the molecule is CN(Cc1ccccc1F)c1cccc(C(=N)N)n1. The molecule has 0 amide bonds. The summed E-state index contributed by atoms with van der Waals surface area (Å²) in [4.78, 5) is 6.06. The Morgan fingerprint density at radius 1 is 1.26 bits per heavy atom. The minimum atomic E-state index is -0.239. The monoisotopic (exact) mass is 258 g/mol. The fourth-order valence-corrected chi connectivity index (χ4v) is 1.75. The number of hydrogen-bond acceptors (Lipinski definition) is 3. The van der Waals surface area contributed by atoms with Crippen LogP contribution in [0.3, 0.4) is 0 Å². The second-order valence-corrected chi connectivity index (χ2v) is 4.24. The summed E-state index contributed by atoms with van der Waals surface area (Å²) in [5.41, 5.74) is 6.41. The van der Waals surface area contributed by atoms with E-state index in [1.807, 2.05) is 11.9 Å². The first kappa shape index (κ1) is 13.0. The highest BCUT2D eigenvalue weighted by molar-refractivity contribution is 5.93.